The quantitative estimate of drug-likeness (QED) is 0.776. The summed E-state index contributed by atoms with van der Waals surface area (Å²) >= 11 is 11.8. The molecule has 19 heavy (non-hydrogen) atoms. The van der Waals surface area contributed by atoms with Crippen LogP contribution in [0.3, 0.4) is 0 Å². The van der Waals surface area contributed by atoms with Crippen LogP contribution in [0, 0.1) is 5.82 Å². The topological polar surface area (TPSA) is 26.3 Å². The number of rotatable bonds is 4. The Labute approximate surface area is 119 Å². The summed E-state index contributed by atoms with van der Waals surface area (Å²) in [5.41, 5.74) is 0.921. The minimum Gasteiger partial charge on any atom is -0.489 e. The Morgan fingerprint density at radius 2 is 1.84 bits per heavy atom. The number of carbonyl (C=O) groups excluding carboxylic acids is 1. The van der Waals surface area contributed by atoms with E-state index in [9.17, 15) is 9.18 Å². The molecule has 0 saturated heterocycles. The molecular weight excluding hydrogens is 290 g/mol. The van der Waals surface area contributed by atoms with Crippen molar-refractivity contribution in [3.8, 4) is 5.75 Å². The molecule has 0 aliphatic rings. The van der Waals surface area contributed by atoms with Crippen LogP contribution in [0.25, 0.3) is 0 Å². The third-order valence-electron chi connectivity index (χ3n) is 2.51. The Balaban J connectivity index is 2.19. The molecule has 0 fully saturated rings. The Morgan fingerprint density at radius 3 is 2.47 bits per heavy atom. The second-order valence-corrected chi connectivity index (χ2v) is 4.66. The van der Waals surface area contributed by atoms with Gasteiger partial charge in [0.2, 0.25) is 0 Å². The molecule has 0 aliphatic heterocycles. The van der Waals surface area contributed by atoms with E-state index in [2.05, 4.69) is 0 Å². The van der Waals surface area contributed by atoms with E-state index in [1.807, 2.05) is 0 Å². The average molecular weight is 299 g/mol. The van der Waals surface area contributed by atoms with Crippen molar-refractivity contribution in [3.05, 3.63) is 63.4 Å². The van der Waals surface area contributed by atoms with Crippen molar-refractivity contribution in [1.82, 2.24) is 0 Å². The Kier molecular flexibility index (Phi) is 4.40. The Bertz CT molecular complexity index is 597. The first-order valence-electron chi connectivity index (χ1n) is 5.41. The smallest absolute Gasteiger partial charge is 0.151 e. The highest BCUT2D eigenvalue weighted by Crippen LogP contribution is 2.25. The molecule has 2 aromatic rings. The highest BCUT2D eigenvalue weighted by atomic mass is 35.5. The van der Waals surface area contributed by atoms with Crippen molar-refractivity contribution in [2.45, 2.75) is 6.61 Å². The second-order valence-electron chi connectivity index (χ2n) is 3.82. The van der Waals surface area contributed by atoms with Crippen LogP contribution in [0.5, 0.6) is 5.75 Å². The zero-order valence-electron chi connectivity index (χ0n) is 9.70. The fourth-order valence-corrected chi connectivity index (χ4v) is 2.16. The fraction of sp³-hybridized carbons (Fsp3) is 0.0714. The van der Waals surface area contributed by atoms with Gasteiger partial charge in [-0.1, -0.05) is 23.2 Å². The predicted molar refractivity (Wildman–Crippen MR) is 72.6 cm³/mol. The predicted octanol–water partition coefficient (Wildman–Crippen LogP) is 4.52. The summed E-state index contributed by atoms with van der Waals surface area (Å²) in [5, 5.41) is 0.702. The molecule has 0 spiro atoms. The van der Waals surface area contributed by atoms with Crippen molar-refractivity contribution in [2.24, 2.45) is 0 Å². The normalized spacial score (nSPS) is 10.3. The molecule has 0 bridgehead atoms. The van der Waals surface area contributed by atoms with Gasteiger partial charge >= 0.3 is 0 Å². The fourth-order valence-electron chi connectivity index (χ4n) is 1.58. The van der Waals surface area contributed by atoms with E-state index in [0.29, 0.717) is 28.2 Å². The van der Waals surface area contributed by atoms with Crippen molar-refractivity contribution >= 4 is 29.5 Å². The van der Waals surface area contributed by atoms with E-state index in [1.165, 1.54) is 30.3 Å². The van der Waals surface area contributed by atoms with E-state index in [-0.39, 0.29) is 17.4 Å². The number of carbonyl (C=O) groups is 1. The highest BCUT2D eigenvalue weighted by molar-refractivity contribution is 6.36. The van der Waals surface area contributed by atoms with Gasteiger partial charge in [-0.2, -0.15) is 0 Å². The molecule has 2 rings (SSSR count). The van der Waals surface area contributed by atoms with Gasteiger partial charge in [0.1, 0.15) is 18.2 Å². The van der Waals surface area contributed by atoms with Gasteiger partial charge in [-0.25, -0.2) is 4.39 Å². The van der Waals surface area contributed by atoms with E-state index in [4.69, 9.17) is 27.9 Å². The van der Waals surface area contributed by atoms with Crippen LogP contribution in [0.2, 0.25) is 10.0 Å². The lowest BCUT2D eigenvalue weighted by Crippen LogP contribution is -2.00. The number of halogens is 3. The van der Waals surface area contributed by atoms with Crippen LogP contribution in [0.4, 0.5) is 4.39 Å². The molecule has 0 aromatic heterocycles. The molecule has 0 unspecified atom stereocenters. The summed E-state index contributed by atoms with van der Waals surface area (Å²) in [4.78, 5) is 11.0. The van der Waals surface area contributed by atoms with Crippen LogP contribution in [0.15, 0.2) is 36.4 Å². The maximum absolute atomic E-state index is 12.7. The van der Waals surface area contributed by atoms with Crippen LogP contribution in [-0.4, -0.2) is 6.29 Å². The zero-order valence-corrected chi connectivity index (χ0v) is 11.2. The summed E-state index contributed by atoms with van der Waals surface area (Å²) in [7, 11) is 0. The van der Waals surface area contributed by atoms with Crippen LogP contribution >= 0.6 is 23.2 Å². The van der Waals surface area contributed by atoms with Crippen molar-refractivity contribution < 1.29 is 13.9 Å². The highest BCUT2D eigenvalue weighted by Gasteiger charge is 2.09. The maximum atomic E-state index is 12.7. The number of hydrogen-bond acceptors (Lipinski definition) is 2. The molecule has 0 saturated carbocycles. The molecule has 0 heterocycles. The lowest BCUT2D eigenvalue weighted by atomic mass is 10.1. The summed E-state index contributed by atoms with van der Waals surface area (Å²) < 4.78 is 18.2. The average Bonchev–Trinajstić information content (AvgIpc) is 2.37. The number of hydrogen-bond donors (Lipinski definition) is 0. The number of ether oxygens (including phenoxy) is 1. The molecule has 5 heteroatoms. The molecule has 0 aliphatic carbocycles. The zero-order chi connectivity index (χ0) is 13.8. The molecule has 98 valence electrons. The van der Waals surface area contributed by atoms with E-state index in [1.54, 1.807) is 6.07 Å². The second kappa shape index (κ2) is 6.04. The monoisotopic (exact) mass is 298 g/mol. The molecule has 0 amide bonds. The van der Waals surface area contributed by atoms with Crippen molar-refractivity contribution in [1.29, 1.82) is 0 Å². The molecule has 0 N–H and O–H groups in total. The summed E-state index contributed by atoms with van der Waals surface area (Å²) in [6.07, 6.45) is 0.655. The van der Waals surface area contributed by atoms with Crippen LogP contribution < -0.4 is 4.74 Å². The van der Waals surface area contributed by atoms with E-state index < -0.39 is 0 Å². The van der Waals surface area contributed by atoms with E-state index in [0.717, 1.165) is 0 Å². The van der Waals surface area contributed by atoms with E-state index >= 15 is 0 Å². The van der Waals surface area contributed by atoms with Gasteiger partial charge in [-0.05, 0) is 36.4 Å². The van der Waals surface area contributed by atoms with Gasteiger partial charge in [-0.3, -0.25) is 4.79 Å². The first kappa shape index (κ1) is 13.8. The van der Waals surface area contributed by atoms with Gasteiger partial charge in [0, 0.05) is 16.1 Å². The van der Waals surface area contributed by atoms with Gasteiger partial charge in [0.15, 0.2) is 6.29 Å². The number of aldehydes is 1. The lowest BCUT2D eigenvalue weighted by Gasteiger charge is -2.10. The van der Waals surface area contributed by atoms with Gasteiger partial charge < -0.3 is 4.74 Å². The maximum Gasteiger partial charge on any atom is 0.151 e. The van der Waals surface area contributed by atoms with Gasteiger partial charge in [0.25, 0.3) is 0 Å². The summed E-state index contributed by atoms with van der Waals surface area (Å²) in [6.45, 7) is 0.125. The summed E-state index contributed by atoms with van der Waals surface area (Å²) in [5.74, 6) is 0.154. The Hall–Kier alpha value is -1.58. The Morgan fingerprint density at radius 1 is 1.16 bits per heavy atom. The first-order chi connectivity index (χ1) is 9.10. The van der Waals surface area contributed by atoms with Crippen LogP contribution in [-0.2, 0) is 6.61 Å². The van der Waals surface area contributed by atoms with Gasteiger partial charge in [-0.15, -0.1) is 0 Å². The first-order valence-corrected chi connectivity index (χ1v) is 6.17. The molecule has 2 nitrogen and oxygen atoms in total. The molecule has 2 aromatic carbocycles. The van der Waals surface area contributed by atoms with Crippen LogP contribution in [0.1, 0.15) is 15.9 Å². The lowest BCUT2D eigenvalue weighted by molar-refractivity contribution is 0.112. The van der Waals surface area contributed by atoms with Gasteiger partial charge in [0.05, 0.1) is 5.02 Å². The largest absolute Gasteiger partial charge is 0.489 e. The SMILES string of the molecule is O=Cc1c(Cl)cc(Cl)cc1COc1ccc(F)cc1. The minimum atomic E-state index is -0.341. The molecule has 0 radical (unpaired) electrons. The number of benzene rings is 2. The minimum absolute atomic E-state index is 0.125. The third-order valence-corrected chi connectivity index (χ3v) is 3.04. The summed E-state index contributed by atoms with van der Waals surface area (Å²) in [6, 6.07) is 8.70. The van der Waals surface area contributed by atoms with Crippen molar-refractivity contribution in [3.63, 3.8) is 0 Å². The molecule has 0 atom stereocenters. The standard InChI is InChI=1S/C14H9Cl2FO2/c15-10-5-9(13(7-18)14(16)6-10)8-19-12-3-1-11(17)2-4-12/h1-7H,8H2. The van der Waals surface area contributed by atoms with Crippen molar-refractivity contribution in [2.75, 3.05) is 0 Å². The molecular formula is C14H9Cl2FO2. The third kappa shape index (κ3) is 3.46.